The maximum atomic E-state index is 12.9. The molecule has 0 amide bonds. The van der Waals surface area contributed by atoms with E-state index in [9.17, 15) is 23.3 Å². The zero-order chi connectivity index (χ0) is 18.1. The summed E-state index contributed by atoms with van der Waals surface area (Å²) in [5.41, 5.74) is -1.16. The third-order valence-corrected chi connectivity index (χ3v) is 3.32. The fourth-order valence-corrected chi connectivity index (χ4v) is 2.33. The fourth-order valence-electron chi connectivity index (χ4n) is 2.03. The van der Waals surface area contributed by atoms with Crippen molar-refractivity contribution < 1.29 is 22.8 Å². The highest BCUT2D eigenvalue weighted by Gasteiger charge is 2.39. The van der Waals surface area contributed by atoms with Crippen molar-refractivity contribution in [3.63, 3.8) is 0 Å². The number of alkyl halides is 3. The standard InChI is InChI=1S/C13H12ClF3N4O3/c1-3-18-8-6-7(4-5-9(8)21(22)23)24-12-10(14)11(13(15,16)17)20(2)19-12/h4-6,18H,3H2,1-2H3. The summed E-state index contributed by atoms with van der Waals surface area (Å²) in [6, 6.07) is 3.71. The first kappa shape index (κ1) is 17.9. The van der Waals surface area contributed by atoms with Crippen molar-refractivity contribution in [1.29, 1.82) is 0 Å². The summed E-state index contributed by atoms with van der Waals surface area (Å²) < 4.78 is 44.5. The van der Waals surface area contributed by atoms with Crippen molar-refractivity contribution >= 4 is 23.0 Å². The molecule has 7 nitrogen and oxygen atoms in total. The molecule has 1 aromatic carbocycles. The van der Waals surface area contributed by atoms with Gasteiger partial charge in [0.05, 0.1) is 4.92 Å². The predicted molar refractivity (Wildman–Crippen MR) is 80.6 cm³/mol. The summed E-state index contributed by atoms with van der Waals surface area (Å²) in [6.45, 7) is 2.15. The molecule has 130 valence electrons. The average molecular weight is 365 g/mol. The minimum absolute atomic E-state index is 0.0604. The highest BCUT2D eigenvalue weighted by Crippen LogP contribution is 2.41. The number of nitrogens with one attached hydrogen (secondary N) is 1. The van der Waals surface area contributed by atoms with Crippen molar-refractivity contribution in [2.24, 2.45) is 7.05 Å². The number of nitro benzene ring substituents is 1. The maximum absolute atomic E-state index is 12.9. The van der Waals surface area contributed by atoms with E-state index in [1.165, 1.54) is 18.2 Å². The summed E-state index contributed by atoms with van der Waals surface area (Å²) in [6.07, 6.45) is -4.69. The largest absolute Gasteiger partial charge is 0.436 e. The third kappa shape index (κ3) is 3.53. The van der Waals surface area contributed by atoms with Crippen LogP contribution in [0.3, 0.4) is 0 Å². The quantitative estimate of drug-likeness (QED) is 0.634. The van der Waals surface area contributed by atoms with Crippen LogP contribution in [0.5, 0.6) is 11.6 Å². The predicted octanol–water partition coefficient (Wildman–Crippen LogP) is 4.22. The van der Waals surface area contributed by atoms with Crippen LogP contribution in [-0.4, -0.2) is 21.2 Å². The Balaban J connectivity index is 2.39. The fraction of sp³-hybridized carbons (Fsp3) is 0.308. The van der Waals surface area contributed by atoms with Crippen LogP contribution in [0.4, 0.5) is 24.5 Å². The molecule has 11 heteroatoms. The van der Waals surface area contributed by atoms with E-state index >= 15 is 0 Å². The van der Waals surface area contributed by atoms with E-state index in [1.54, 1.807) is 6.92 Å². The number of ether oxygens (including phenoxy) is 1. The van der Waals surface area contributed by atoms with Gasteiger partial charge in [-0.2, -0.15) is 13.2 Å². The molecule has 1 heterocycles. The molecular formula is C13H12ClF3N4O3. The van der Waals surface area contributed by atoms with E-state index in [4.69, 9.17) is 16.3 Å². The van der Waals surface area contributed by atoms with Gasteiger partial charge < -0.3 is 10.1 Å². The molecule has 2 rings (SSSR count). The summed E-state index contributed by atoms with van der Waals surface area (Å²) in [5, 5.41) is 16.6. The lowest BCUT2D eigenvalue weighted by atomic mass is 10.2. The Morgan fingerprint density at radius 3 is 2.62 bits per heavy atom. The highest BCUT2D eigenvalue weighted by atomic mass is 35.5. The maximum Gasteiger partial charge on any atom is 0.434 e. The molecule has 1 aromatic heterocycles. The number of nitro groups is 1. The number of hydrogen-bond donors (Lipinski definition) is 1. The second-order valence-corrected chi connectivity index (χ2v) is 5.04. The van der Waals surface area contributed by atoms with Crippen LogP contribution in [0.15, 0.2) is 18.2 Å². The molecule has 0 radical (unpaired) electrons. The first-order valence-electron chi connectivity index (χ1n) is 6.65. The summed E-state index contributed by atoms with van der Waals surface area (Å²) >= 11 is 5.69. The number of rotatable bonds is 5. The van der Waals surface area contributed by atoms with Crippen molar-refractivity contribution in [3.05, 3.63) is 39.0 Å². The molecule has 0 saturated carbocycles. The summed E-state index contributed by atoms with van der Waals surface area (Å²) in [4.78, 5) is 10.4. The van der Waals surface area contributed by atoms with Gasteiger partial charge in [0.15, 0.2) is 5.69 Å². The van der Waals surface area contributed by atoms with Crippen LogP contribution in [0.25, 0.3) is 0 Å². The van der Waals surface area contributed by atoms with Gasteiger partial charge in [0.2, 0.25) is 0 Å². The second kappa shape index (κ2) is 6.56. The Morgan fingerprint density at radius 1 is 1.46 bits per heavy atom. The number of anilines is 1. The van der Waals surface area contributed by atoms with Gasteiger partial charge in [0.25, 0.3) is 11.6 Å². The first-order valence-corrected chi connectivity index (χ1v) is 7.02. The number of nitrogens with zero attached hydrogens (tertiary/aromatic N) is 3. The van der Waals surface area contributed by atoms with E-state index in [0.717, 1.165) is 7.05 Å². The van der Waals surface area contributed by atoms with Gasteiger partial charge in [0, 0.05) is 25.7 Å². The normalized spacial score (nSPS) is 11.4. The molecule has 0 fully saturated rings. The number of benzene rings is 1. The molecule has 0 atom stereocenters. The van der Waals surface area contributed by atoms with E-state index < -0.39 is 27.7 Å². The topological polar surface area (TPSA) is 82.2 Å². The zero-order valence-corrected chi connectivity index (χ0v) is 13.3. The van der Waals surface area contributed by atoms with Crippen LogP contribution >= 0.6 is 11.6 Å². The molecule has 0 aliphatic rings. The van der Waals surface area contributed by atoms with E-state index in [0.29, 0.717) is 11.2 Å². The Kier molecular flexibility index (Phi) is 4.88. The van der Waals surface area contributed by atoms with Crippen LogP contribution < -0.4 is 10.1 Å². The van der Waals surface area contributed by atoms with Crippen LogP contribution in [0.2, 0.25) is 5.02 Å². The van der Waals surface area contributed by atoms with Gasteiger partial charge in [-0.15, -0.1) is 5.10 Å². The number of aromatic nitrogens is 2. The smallest absolute Gasteiger partial charge is 0.434 e. The Morgan fingerprint density at radius 2 is 2.12 bits per heavy atom. The number of aryl methyl sites for hydroxylation is 1. The van der Waals surface area contributed by atoms with Crippen LogP contribution in [0.1, 0.15) is 12.6 Å². The molecule has 0 aliphatic heterocycles. The molecule has 0 spiro atoms. The average Bonchev–Trinajstić information content (AvgIpc) is 2.73. The lowest BCUT2D eigenvalue weighted by molar-refractivity contribution is -0.384. The molecule has 1 N–H and O–H groups in total. The molecule has 0 aliphatic carbocycles. The number of hydrogen-bond acceptors (Lipinski definition) is 5. The first-order chi connectivity index (χ1) is 11.1. The Hall–Kier alpha value is -2.49. The van der Waals surface area contributed by atoms with Crippen molar-refractivity contribution in [2.75, 3.05) is 11.9 Å². The van der Waals surface area contributed by atoms with Gasteiger partial charge in [-0.05, 0) is 13.0 Å². The molecule has 2 aromatic rings. The monoisotopic (exact) mass is 364 g/mol. The van der Waals surface area contributed by atoms with Crippen molar-refractivity contribution in [1.82, 2.24) is 9.78 Å². The molecule has 0 bridgehead atoms. The van der Waals surface area contributed by atoms with E-state index in [1.807, 2.05) is 0 Å². The SMILES string of the molecule is CCNc1cc(Oc2nn(C)c(C(F)(F)F)c2Cl)ccc1[N+](=O)[O-]. The lowest BCUT2D eigenvalue weighted by Gasteiger charge is -2.08. The van der Waals surface area contributed by atoms with Crippen molar-refractivity contribution in [2.45, 2.75) is 13.1 Å². The zero-order valence-electron chi connectivity index (χ0n) is 12.5. The second-order valence-electron chi connectivity index (χ2n) is 4.66. The molecule has 24 heavy (non-hydrogen) atoms. The lowest BCUT2D eigenvalue weighted by Crippen LogP contribution is -2.12. The van der Waals surface area contributed by atoms with Gasteiger partial charge in [-0.1, -0.05) is 11.6 Å². The third-order valence-electron chi connectivity index (χ3n) is 2.98. The Bertz CT molecular complexity index is 777. The van der Waals surface area contributed by atoms with Crippen LogP contribution in [-0.2, 0) is 13.2 Å². The molecule has 0 saturated heterocycles. The Labute approximate surface area is 139 Å². The minimum atomic E-state index is -4.69. The summed E-state index contributed by atoms with van der Waals surface area (Å²) in [5.74, 6) is -0.381. The van der Waals surface area contributed by atoms with Gasteiger partial charge in [-0.25, -0.2) is 0 Å². The minimum Gasteiger partial charge on any atom is -0.436 e. The van der Waals surface area contributed by atoms with Gasteiger partial charge in [-0.3, -0.25) is 14.8 Å². The van der Waals surface area contributed by atoms with Crippen molar-refractivity contribution in [3.8, 4) is 11.6 Å². The van der Waals surface area contributed by atoms with Gasteiger partial charge in [0.1, 0.15) is 16.5 Å². The van der Waals surface area contributed by atoms with Gasteiger partial charge >= 0.3 is 6.18 Å². The molecule has 0 unspecified atom stereocenters. The molecular weight excluding hydrogens is 353 g/mol. The van der Waals surface area contributed by atoms with E-state index in [2.05, 4.69) is 10.4 Å². The summed E-state index contributed by atoms with van der Waals surface area (Å²) in [7, 11) is 1.08. The number of halogens is 4. The van der Waals surface area contributed by atoms with E-state index in [-0.39, 0.29) is 17.1 Å². The van der Waals surface area contributed by atoms with Crippen LogP contribution in [0, 0.1) is 10.1 Å². The highest BCUT2D eigenvalue weighted by molar-refractivity contribution is 6.32.